The van der Waals surface area contributed by atoms with Crippen molar-refractivity contribution in [2.24, 2.45) is 11.5 Å². The lowest BCUT2D eigenvalue weighted by Crippen LogP contribution is -2.24. The Kier molecular flexibility index (Phi) is 3.39. The summed E-state index contributed by atoms with van der Waals surface area (Å²) in [6.45, 7) is 0. The molecule has 0 aromatic carbocycles. The maximum Gasteiger partial charge on any atom is 0.269 e. The highest BCUT2D eigenvalue weighted by Gasteiger charge is 2.18. The highest BCUT2D eigenvalue weighted by atomic mass is 35.5. The SMILES string of the molecule is NC(=O)c1ncc(-c2ccc(Cl)cn2)nc1C(N)=O. The van der Waals surface area contributed by atoms with E-state index in [9.17, 15) is 9.59 Å². The first-order chi connectivity index (χ1) is 8.99. The van der Waals surface area contributed by atoms with Gasteiger partial charge in [0.25, 0.3) is 11.8 Å². The summed E-state index contributed by atoms with van der Waals surface area (Å²) in [6, 6.07) is 3.21. The Bertz CT molecular complexity index is 657. The zero-order valence-electron chi connectivity index (χ0n) is 9.50. The van der Waals surface area contributed by atoms with E-state index in [0.717, 1.165) is 0 Å². The first-order valence-corrected chi connectivity index (χ1v) is 5.45. The second kappa shape index (κ2) is 4.99. The number of hydrogen-bond donors (Lipinski definition) is 2. The molecule has 0 saturated heterocycles. The number of carbonyl (C=O) groups is 2. The van der Waals surface area contributed by atoms with Crippen molar-refractivity contribution < 1.29 is 9.59 Å². The zero-order valence-corrected chi connectivity index (χ0v) is 10.3. The van der Waals surface area contributed by atoms with E-state index in [1.165, 1.54) is 12.4 Å². The minimum atomic E-state index is -0.892. The molecule has 0 saturated carbocycles. The minimum Gasteiger partial charge on any atom is -0.364 e. The molecule has 0 fully saturated rings. The van der Waals surface area contributed by atoms with Crippen molar-refractivity contribution in [2.45, 2.75) is 0 Å². The monoisotopic (exact) mass is 277 g/mol. The molecule has 0 atom stereocenters. The van der Waals surface area contributed by atoms with Crippen LogP contribution in [-0.4, -0.2) is 26.8 Å². The molecule has 4 N–H and O–H groups in total. The molecule has 7 nitrogen and oxygen atoms in total. The number of amides is 2. The van der Waals surface area contributed by atoms with Crippen LogP contribution >= 0.6 is 11.6 Å². The molecular weight excluding hydrogens is 270 g/mol. The van der Waals surface area contributed by atoms with Crippen LogP contribution in [0.1, 0.15) is 21.0 Å². The van der Waals surface area contributed by atoms with Crippen LogP contribution in [-0.2, 0) is 0 Å². The second-order valence-electron chi connectivity index (χ2n) is 3.54. The van der Waals surface area contributed by atoms with Crippen molar-refractivity contribution in [3.63, 3.8) is 0 Å². The van der Waals surface area contributed by atoms with E-state index in [4.69, 9.17) is 23.1 Å². The van der Waals surface area contributed by atoms with Gasteiger partial charge in [0, 0.05) is 6.20 Å². The average molecular weight is 278 g/mol. The molecule has 8 heteroatoms. The van der Waals surface area contributed by atoms with Gasteiger partial charge in [0.15, 0.2) is 11.4 Å². The summed E-state index contributed by atoms with van der Waals surface area (Å²) >= 11 is 5.71. The van der Waals surface area contributed by atoms with Gasteiger partial charge in [0.05, 0.1) is 16.9 Å². The lowest BCUT2D eigenvalue weighted by atomic mass is 10.2. The number of nitrogens with zero attached hydrogens (tertiary/aromatic N) is 3. The number of primary amides is 2. The quantitative estimate of drug-likeness (QED) is 0.839. The topological polar surface area (TPSA) is 125 Å². The van der Waals surface area contributed by atoms with Crippen LogP contribution in [0, 0.1) is 0 Å². The van der Waals surface area contributed by atoms with Crippen molar-refractivity contribution >= 4 is 23.4 Å². The number of halogens is 1. The summed E-state index contributed by atoms with van der Waals surface area (Å²) in [5.41, 5.74) is 10.4. The van der Waals surface area contributed by atoms with Gasteiger partial charge in [0.1, 0.15) is 5.69 Å². The second-order valence-corrected chi connectivity index (χ2v) is 3.98. The van der Waals surface area contributed by atoms with E-state index in [1.54, 1.807) is 12.1 Å². The van der Waals surface area contributed by atoms with Crippen LogP contribution in [0.5, 0.6) is 0 Å². The Labute approximate surface area is 112 Å². The Morgan fingerprint density at radius 1 is 0.947 bits per heavy atom. The smallest absolute Gasteiger partial charge is 0.269 e. The van der Waals surface area contributed by atoms with Gasteiger partial charge >= 0.3 is 0 Å². The summed E-state index contributed by atoms with van der Waals surface area (Å²) in [7, 11) is 0. The Morgan fingerprint density at radius 3 is 2.16 bits per heavy atom. The molecule has 2 rings (SSSR count). The lowest BCUT2D eigenvalue weighted by Gasteiger charge is -2.04. The molecule has 19 heavy (non-hydrogen) atoms. The van der Waals surface area contributed by atoms with Crippen molar-refractivity contribution in [1.29, 1.82) is 0 Å². The Balaban J connectivity index is 2.55. The molecule has 2 aromatic heterocycles. The number of carbonyl (C=O) groups excluding carboxylic acids is 2. The van der Waals surface area contributed by atoms with Crippen molar-refractivity contribution in [3.05, 3.63) is 40.9 Å². The highest BCUT2D eigenvalue weighted by molar-refractivity contribution is 6.30. The van der Waals surface area contributed by atoms with Gasteiger partial charge in [-0.3, -0.25) is 14.6 Å². The standard InChI is InChI=1S/C11H8ClN5O2/c12-5-1-2-6(15-3-5)7-4-16-8(10(13)18)9(17-7)11(14)19/h1-4H,(H2,13,18)(H2,14,19). The van der Waals surface area contributed by atoms with Gasteiger partial charge in [-0.15, -0.1) is 0 Å². The van der Waals surface area contributed by atoms with Gasteiger partial charge < -0.3 is 11.5 Å². The summed E-state index contributed by atoms with van der Waals surface area (Å²) in [5, 5.41) is 0.459. The molecule has 96 valence electrons. The Morgan fingerprint density at radius 2 is 1.63 bits per heavy atom. The van der Waals surface area contributed by atoms with Crippen LogP contribution < -0.4 is 11.5 Å². The molecule has 0 bridgehead atoms. The number of aromatic nitrogens is 3. The number of hydrogen-bond acceptors (Lipinski definition) is 5. The van der Waals surface area contributed by atoms with Crippen molar-refractivity contribution in [3.8, 4) is 11.4 Å². The number of nitrogens with two attached hydrogens (primary N) is 2. The van der Waals surface area contributed by atoms with E-state index in [1.807, 2.05) is 0 Å². The fourth-order valence-electron chi connectivity index (χ4n) is 1.39. The highest BCUT2D eigenvalue weighted by Crippen LogP contribution is 2.17. The molecule has 0 radical (unpaired) electrons. The fourth-order valence-corrected chi connectivity index (χ4v) is 1.50. The molecular formula is C11H8ClN5O2. The first kappa shape index (κ1) is 12.9. The van der Waals surface area contributed by atoms with E-state index in [2.05, 4.69) is 15.0 Å². The number of rotatable bonds is 3. The van der Waals surface area contributed by atoms with Crippen LogP contribution in [0.4, 0.5) is 0 Å². The number of pyridine rings is 1. The third-order valence-corrected chi connectivity index (χ3v) is 2.45. The van der Waals surface area contributed by atoms with Gasteiger partial charge in [0.2, 0.25) is 0 Å². The largest absolute Gasteiger partial charge is 0.364 e. The van der Waals surface area contributed by atoms with Gasteiger partial charge in [-0.2, -0.15) is 0 Å². The predicted octanol–water partition coefficient (Wildman–Crippen LogP) is 0.390. The van der Waals surface area contributed by atoms with E-state index >= 15 is 0 Å². The molecule has 0 unspecified atom stereocenters. The van der Waals surface area contributed by atoms with E-state index in [-0.39, 0.29) is 17.1 Å². The fraction of sp³-hybridized carbons (Fsp3) is 0. The normalized spacial score (nSPS) is 10.2. The summed E-state index contributed by atoms with van der Waals surface area (Å²) in [6.07, 6.45) is 2.70. The average Bonchev–Trinajstić information content (AvgIpc) is 2.38. The van der Waals surface area contributed by atoms with Gasteiger partial charge in [-0.1, -0.05) is 11.6 Å². The third-order valence-electron chi connectivity index (χ3n) is 2.23. The van der Waals surface area contributed by atoms with Crippen LogP contribution in [0.3, 0.4) is 0 Å². The molecule has 0 aliphatic rings. The van der Waals surface area contributed by atoms with Crippen molar-refractivity contribution in [2.75, 3.05) is 0 Å². The molecule has 0 aliphatic heterocycles. The van der Waals surface area contributed by atoms with Crippen LogP contribution in [0.25, 0.3) is 11.4 Å². The Hall–Kier alpha value is -2.54. The predicted molar refractivity (Wildman–Crippen MR) is 67.3 cm³/mol. The molecule has 2 amide bonds. The minimum absolute atomic E-state index is 0.273. The van der Waals surface area contributed by atoms with Gasteiger partial charge in [-0.25, -0.2) is 9.97 Å². The summed E-state index contributed by atoms with van der Waals surface area (Å²) < 4.78 is 0. The van der Waals surface area contributed by atoms with Crippen molar-refractivity contribution in [1.82, 2.24) is 15.0 Å². The van der Waals surface area contributed by atoms with Gasteiger partial charge in [-0.05, 0) is 12.1 Å². The van der Waals surface area contributed by atoms with E-state index < -0.39 is 11.8 Å². The molecule has 0 aliphatic carbocycles. The molecule has 2 aromatic rings. The zero-order chi connectivity index (χ0) is 14.0. The third kappa shape index (κ3) is 2.66. The summed E-state index contributed by atoms with van der Waals surface area (Å²) in [4.78, 5) is 34.1. The van der Waals surface area contributed by atoms with Crippen LogP contribution in [0.15, 0.2) is 24.5 Å². The summed E-state index contributed by atoms with van der Waals surface area (Å²) in [5.74, 6) is -1.77. The lowest BCUT2D eigenvalue weighted by molar-refractivity contribution is 0.0959. The molecule has 2 heterocycles. The van der Waals surface area contributed by atoms with E-state index in [0.29, 0.717) is 10.7 Å². The van der Waals surface area contributed by atoms with Crippen LogP contribution in [0.2, 0.25) is 5.02 Å². The maximum atomic E-state index is 11.2. The maximum absolute atomic E-state index is 11.2. The first-order valence-electron chi connectivity index (χ1n) is 5.07. The molecule has 0 spiro atoms.